The first-order valence-corrected chi connectivity index (χ1v) is 4.86. The largest absolute Gasteiger partial charge is 0.394 e. The summed E-state index contributed by atoms with van der Waals surface area (Å²) in [5, 5.41) is 47.4. The van der Waals surface area contributed by atoms with Crippen LogP contribution in [0, 0.1) is 0 Å². The summed E-state index contributed by atoms with van der Waals surface area (Å²) in [6.45, 7) is 0.987. The van der Waals surface area contributed by atoms with Gasteiger partial charge < -0.3 is 30.3 Å². The van der Waals surface area contributed by atoms with Crippen molar-refractivity contribution in [3.05, 3.63) is 0 Å². The summed E-state index contributed by atoms with van der Waals surface area (Å²) >= 11 is 0. The van der Waals surface area contributed by atoms with E-state index in [1.54, 1.807) is 6.92 Å². The van der Waals surface area contributed by atoms with E-state index in [2.05, 4.69) is 0 Å². The Hall–Kier alpha value is -0.240. The van der Waals surface area contributed by atoms with Crippen molar-refractivity contribution in [2.75, 3.05) is 6.61 Å². The molecule has 6 atom stereocenters. The molecule has 0 aromatic heterocycles. The van der Waals surface area contributed by atoms with Crippen LogP contribution in [0.2, 0.25) is 0 Å². The van der Waals surface area contributed by atoms with E-state index < -0.39 is 43.2 Å². The predicted molar refractivity (Wildman–Crippen MR) is 49.8 cm³/mol. The molecule has 0 aliphatic carbocycles. The summed E-state index contributed by atoms with van der Waals surface area (Å²) in [6.07, 6.45) is -7.15. The first kappa shape index (κ1) is 11.3. The van der Waals surface area contributed by atoms with Crippen LogP contribution in [0.3, 0.4) is 0 Å². The molecular weight excluding hydrogens is 204 g/mol. The summed E-state index contributed by atoms with van der Waals surface area (Å²) in [7, 11) is 0. The van der Waals surface area contributed by atoms with Crippen LogP contribution >= 0.6 is 0 Å². The lowest BCUT2D eigenvalue weighted by molar-refractivity contribution is -0.351. The van der Waals surface area contributed by atoms with Crippen molar-refractivity contribution in [3.8, 4) is 0 Å². The molecule has 15 heavy (non-hydrogen) atoms. The first-order valence-electron chi connectivity index (χ1n) is 5.43. The van der Waals surface area contributed by atoms with Crippen LogP contribution in [0.5, 0.6) is 0 Å². The van der Waals surface area contributed by atoms with E-state index in [1.807, 2.05) is 0 Å². The SMILES string of the molecule is [2H]C(CC)C1(O)O[C@H](CO)[C@@H](O)[C@H](O)[C@@H]1O. The highest BCUT2D eigenvalue weighted by Crippen LogP contribution is 2.31. The smallest absolute Gasteiger partial charge is 0.195 e. The van der Waals surface area contributed by atoms with Gasteiger partial charge in [0.1, 0.15) is 24.4 Å². The minimum absolute atomic E-state index is 0.189. The summed E-state index contributed by atoms with van der Waals surface area (Å²) in [4.78, 5) is 0. The van der Waals surface area contributed by atoms with Crippen molar-refractivity contribution in [1.82, 2.24) is 0 Å². The van der Waals surface area contributed by atoms with Gasteiger partial charge >= 0.3 is 0 Å². The van der Waals surface area contributed by atoms with Crippen LogP contribution in [0.1, 0.15) is 21.1 Å². The second kappa shape index (κ2) is 4.73. The molecule has 0 aromatic carbocycles. The molecule has 0 bridgehead atoms. The van der Waals surface area contributed by atoms with E-state index in [1.165, 1.54) is 0 Å². The number of aliphatic hydroxyl groups excluding tert-OH is 4. The third-order valence-corrected chi connectivity index (χ3v) is 2.49. The van der Waals surface area contributed by atoms with E-state index in [-0.39, 0.29) is 6.42 Å². The first-order chi connectivity index (χ1) is 7.38. The van der Waals surface area contributed by atoms with Gasteiger partial charge in [0.05, 0.1) is 6.61 Å². The number of ether oxygens (including phenoxy) is 1. The van der Waals surface area contributed by atoms with Gasteiger partial charge in [0.15, 0.2) is 5.79 Å². The molecule has 1 aliphatic heterocycles. The molecule has 0 spiro atoms. The van der Waals surface area contributed by atoms with Gasteiger partial charge in [0, 0.05) is 7.77 Å². The minimum Gasteiger partial charge on any atom is -0.394 e. The Labute approximate surface area is 89.1 Å². The Kier molecular flexibility index (Phi) is 3.55. The summed E-state index contributed by atoms with van der Waals surface area (Å²) < 4.78 is 12.5. The van der Waals surface area contributed by atoms with E-state index >= 15 is 0 Å². The number of rotatable bonds is 3. The molecule has 6 nitrogen and oxygen atoms in total. The van der Waals surface area contributed by atoms with E-state index in [4.69, 9.17) is 11.2 Å². The summed E-state index contributed by atoms with van der Waals surface area (Å²) in [6, 6.07) is 0. The van der Waals surface area contributed by atoms with Crippen LogP contribution in [0.15, 0.2) is 0 Å². The Morgan fingerprint density at radius 3 is 2.40 bits per heavy atom. The fourth-order valence-corrected chi connectivity index (χ4v) is 1.64. The van der Waals surface area contributed by atoms with Crippen molar-refractivity contribution in [3.63, 3.8) is 0 Å². The fraction of sp³-hybridized carbons (Fsp3) is 1.00. The number of hydrogen-bond acceptors (Lipinski definition) is 6. The normalized spacial score (nSPS) is 49.9. The maximum Gasteiger partial charge on any atom is 0.195 e. The van der Waals surface area contributed by atoms with Gasteiger partial charge in [-0.2, -0.15) is 0 Å². The van der Waals surface area contributed by atoms with Gasteiger partial charge in [-0.25, -0.2) is 0 Å². The lowest BCUT2D eigenvalue weighted by Gasteiger charge is -2.45. The lowest BCUT2D eigenvalue weighted by atomic mass is 9.90. The van der Waals surface area contributed by atoms with Crippen LogP contribution in [0.25, 0.3) is 0 Å². The Morgan fingerprint density at radius 1 is 1.33 bits per heavy atom. The maximum atomic E-state index is 9.96. The predicted octanol–water partition coefficient (Wildman–Crippen LogP) is -2.05. The zero-order valence-corrected chi connectivity index (χ0v) is 8.45. The molecular formula is C9H18O6. The molecule has 0 amide bonds. The highest BCUT2D eigenvalue weighted by molar-refractivity contribution is 4.95. The van der Waals surface area contributed by atoms with Gasteiger partial charge in [-0.05, 0) is 0 Å². The summed E-state index contributed by atoms with van der Waals surface area (Å²) in [5.74, 6) is -2.28. The van der Waals surface area contributed by atoms with Crippen molar-refractivity contribution >= 4 is 0 Å². The van der Waals surface area contributed by atoms with Gasteiger partial charge in [-0.15, -0.1) is 0 Å². The topological polar surface area (TPSA) is 110 Å². The molecule has 90 valence electrons. The second-order valence-electron chi connectivity index (χ2n) is 3.63. The molecule has 0 aromatic rings. The molecule has 2 unspecified atom stereocenters. The Morgan fingerprint density at radius 2 is 1.93 bits per heavy atom. The minimum atomic E-state index is -2.28. The van der Waals surface area contributed by atoms with E-state index in [0.717, 1.165) is 0 Å². The van der Waals surface area contributed by atoms with Gasteiger partial charge in [0.25, 0.3) is 0 Å². The standard InChI is InChI=1S/C9H18O6/c1-2-3-9(14)8(13)7(12)6(11)5(4-10)15-9/h5-8,10-14H,2-4H2,1H3/t5-,6-,7+,8+,9?/m1/s1/i3D/t3?,5-,6-,7+,8+,9?. The average Bonchev–Trinajstić information content (AvgIpc) is 2.30. The van der Waals surface area contributed by atoms with Gasteiger partial charge in [-0.1, -0.05) is 13.3 Å². The summed E-state index contributed by atoms with van der Waals surface area (Å²) in [5.41, 5.74) is 0. The van der Waals surface area contributed by atoms with Crippen LogP contribution in [-0.2, 0) is 4.74 Å². The quantitative estimate of drug-likeness (QED) is 0.376. The molecule has 1 rings (SSSR count). The molecule has 5 N–H and O–H groups in total. The molecule has 0 radical (unpaired) electrons. The number of hydrogen-bond donors (Lipinski definition) is 5. The van der Waals surface area contributed by atoms with Crippen LogP contribution in [-0.4, -0.2) is 62.3 Å². The van der Waals surface area contributed by atoms with Crippen molar-refractivity contribution < 1.29 is 31.6 Å². The third kappa shape index (κ3) is 2.30. The number of aliphatic hydroxyl groups is 5. The van der Waals surface area contributed by atoms with Crippen LogP contribution < -0.4 is 0 Å². The monoisotopic (exact) mass is 223 g/mol. The zero-order valence-electron chi connectivity index (χ0n) is 9.45. The molecule has 1 saturated heterocycles. The molecule has 0 saturated carbocycles. The lowest BCUT2D eigenvalue weighted by Crippen LogP contribution is -2.65. The molecule has 1 aliphatic rings. The highest BCUT2D eigenvalue weighted by atomic mass is 16.7. The maximum absolute atomic E-state index is 9.96. The van der Waals surface area contributed by atoms with Crippen LogP contribution in [0.4, 0.5) is 0 Å². The fourth-order valence-electron chi connectivity index (χ4n) is 1.64. The van der Waals surface area contributed by atoms with E-state index in [9.17, 15) is 20.4 Å². The Balaban J connectivity index is 2.93. The molecule has 1 heterocycles. The van der Waals surface area contributed by atoms with Gasteiger partial charge in [-0.3, -0.25) is 0 Å². The molecule has 1 fully saturated rings. The zero-order chi connectivity index (χ0) is 12.5. The average molecular weight is 223 g/mol. The molecule has 6 heteroatoms. The van der Waals surface area contributed by atoms with Crippen molar-refractivity contribution in [2.24, 2.45) is 0 Å². The Bertz CT molecular complexity index is 238. The highest BCUT2D eigenvalue weighted by Gasteiger charge is 2.51. The van der Waals surface area contributed by atoms with Crippen molar-refractivity contribution in [1.29, 1.82) is 0 Å². The van der Waals surface area contributed by atoms with Crippen molar-refractivity contribution in [2.45, 2.75) is 49.9 Å². The second-order valence-corrected chi connectivity index (χ2v) is 3.63. The third-order valence-electron chi connectivity index (χ3n) is 2.49. The van der Waals surface area contributed by atoms with E-state index in [0.29, 0.717) is 0 Å². The van der Waals surface area contributed by atoms with Gasteiger partial charge in [0.2, 0.25) is 0 Å².